The molecule has 0 aliphatic heterocycles. The van der Waals surface area contributed by atoms with Gasteiger partial charge in [-0.1, -0.05) is 6.92 Å². The number of nitrogens with zero attached hydrogens (tertiary/aromatic N) is 2. The monoisotopic (exact) mass is 181 g/mol. The summed E-state index contributed by atoms with van der Waals surface area (Å²) in [5.41, 5.74) is 0.924. The highest BCUT2D eigenvalue weighted by Gasteiger charge is 1.94. The first-order valence-corrected chi connectivity index (χ1v) is 4.45. The maximum absolute atomic E-state index is 5.38. The average molecular weight is 181 g/mol. The molecule has 0 bridgehead atoms. The molecule has 0 atom stereocenters. The molecular weight excluding hydrogens is 166 g/mol. The molecule has 0 saturated heterocycles. The molecular formula is C9H15N3O. The maximum atomic E-state index is 5.38. The fraction of sp³-hybridized carbons (Fsp3) is 0.556. The number of ether oxygens (including phenoxy) is 1. The van der Waals surface area contributed by atoms with E-state index >= 15 is 0 Å². The van der Waals surface area contributed by atoms with Gasteiger partial charge in [-0.3, -0.25) is 0 Å². The lowest BCUT2D eigenvalue weighted by Crippen LogP contribution is -2.20. The largest absolute Gasteiger partial charge is 0.476 e. The minimum Gasteiger partial charge on any atom is -0.476 e. The Kier molecular flexibility index (Phi) is 4.18. The van der Waals surface area contributed by atoms with Crippen LogP contribution in [0.15, 0.2) is 12.4 Å². The molecule has 0 spiro atoms. The van der Waals surface area contributed by atoms with Crippen LogP contribution in [0.1, 0.15) is 12.6 Å². The zero-order chi connectivity index (χ0) is 9.52. The Morgan fingerprint density at radius 3 is 3.00 bits per heavy atom. The molecule has 1 aromatic rings. The SMILES string of the molecule is CCNCCOc1cc(C)ncn1. The van der Waals surface area contributed by atoms with Gasteiger partial charge in [-0.25, -0.2) is 9.97 Å². The number of aromatic nitrogens is 2. The van der Waals surface area contributed by atoms with Crippen LogP contribution in [0.5, 0.6) is 5.88 Å². The van der Waals surface area contributed by atoms with Crippen LogP contribution in [-0.4, -0.2) is 29.7 Å². The highest BCUT2D eigenvalue weighted by molar-refractivity contribution is 5.11. The van der Waals surface area contributed by atoms with Crippen molar-refractivity contribution in [2.45, 2.75) is 13.8 Å². The quantitative estimate of drug-likeness (QED) is 0.682. The normalized spacial score (nSPS) is 10.0. The molecule has 1 aromatic heterocycles. The highest BCUT2D eigenvalue weighted by Crippen LogP contribution is 2.04. The van der Waals surface area contributed by atoms with Crippen LogP contribution >= 0.6 is 0 Å². The van der Waals surface area contributed by atoms with Gasteiger partial charge >= 0.3 is 0 Å². The van der Waals surface area contributed by atoms with Crippen molar-refractivity contribution in [3.05, 3.63) is 18.1 Å². The van der Waals surface area contributed by atoms with Gasteiger partial charge in [-0.05, 0) is 13.5 Å². The second-order valence-electron chi connectivity index (χ2n) is 2.70. The lowest BCUT2D eigenvalue weighted by atomic mass is 10.4. The number of hydrogen-bond donors (Lipinski definition) is 1. The number of rotatable bonds is 5. The van der Waals surface area contributed by atoms with Crippen molar-refractivity contribution in [2.24, 2.45) is 0 Å². The van der Waals surface area contributed by atoms with E-state index in [0.29, 0.717) is 12.5 Å². The second kappa shape index (κ2) is 5.48. The van der Waals surface area contributed by atoms with Crippen molar-refractivity contribution >= 4 is 0 Å². The Morgan fingerprint density at radius 2 is 2.31 bits per heavy atom. The molecule has 0 unspecified atom stereocenters. The van der Waals surface area contributed by atoms with Gasteiger partial charge in [0.2, 0.25) is 5.88 Å². The van der Waals surface area contributed by atoms with Crippen LogP contribution < -0.4 is 10.1 Å². The van der Waals surface area contributed by atoms with Crippen molar-refractivity contribution in [3.8, 4) is 5.88 Å². The third-order valence-electron chi connectivity index (χ3n) is 1.56. The average Bonchev–Trinajstić information content (AvgIpc) is 2.13. The van der Waals surface area contributed by atoms with E-state index in [-0.39, 0.29) is 0 Å². The fourth-order valence-corrected chi connectivity index (χ4v) is 0.914. The van der Waals surface area contributed by atoms with E-state index in [4.69, 9.17) is 4.74 Å². The van der Waals surface area contributed by atoms with Crippen LogP contribution in [0.2, 0.25) is 0 Å². The minimum absolute atomic E-state index is 0.643. The number of aryl methyl sites for hydroxylation is 1. The van der Waals surface area contributed by atoms with E-state index in [2.05, 4.69) is 22.2 Å². The van der Waals surface area contributed by atoms with Crippen molar-refractivity contribution in [1.29, 1.82) is 0 Å². The first kappa shape index (κ1) is 9.92. The molecule has 1 heterocycles. The molecule has 0 radical (unpaired) electrons. The summed E-state index contributed by atoms with van der Waals surface area (Å²) in [6.45, 7) is 6.43. The highest BCUT2D eigenvalue weighted by atomic mass is 16.5. The van der Waals surface area contributed by atoms with E-state index < -0.39 is 0 Å². The van der Waals surface area contributed by atoms with Gasteiger partial charge in [0.05, 0.1) is 0 Å². The summed E-state index contributed by atoms with van der Waals surface area (Å²) in [5, 5.41) is 3.16. The van der Waals surface area contributed by atoms with Crippen LogP contribution in [0, 0.1) is 6.92 Å². The summed E-state index contributed by atoms with van der Waals surface area (Å²) < 4.78 is 5.38. The molecule has 13 heavy (non-hydrogen) atoms. The Morgan fingerprint density at radius 1 is 1.46 bits per heavy atom. The van der Waals surface area contributed by atoms with Gasteiger partial charge in [0.15, 0.2) is 0 Å². The molecule has 0 saturated carbocycles. The molecule has 0 fully saturated rings. The lowest BCUT2D eigenvalue weighted by molar-refractivity contribution is 0.303. The van der Waals surface area contributed by atoms with Gasteiger partial charge < -0.3 is 10.1 Å². The van der Waals surface area contributed by atoms with Gasteiger partial charge in [0.25, 0.3) is 0 Å². The maximum Gasteiger partial charge on any atom is 0.216 e. The Bertz CT molecular complexity index is 252. The van der Waals surface area contributed by atoms with Crippen molar-refractivity contribution in [1.82, 2.24) is 15.3 Å². The van der Waals surface area contributed by atoms with Gasteiger partial charge in [0, 0.05) is 18.3 Å². The van der Waals surface area contributed by atoms with E-state index in [1.54, 1.807) is 0 Å². The van der Waals surface area contributed by atoms with Crippen molar-refractivity contribution in [2.75, 3.05) is 19.7 Å². The number of likely N-dealkylation sites (N-methyl/N-ethyl adjacent to an activating group) is 1. The Labute approximate surface area is 78.4 Å². The molecule has 4 nitrogen and oxygen atoms in total. The van der Waals surface area contributed by atoms with E-state index in [1.165, 1.54) is 6.33 Å². The minimum atomic E-state index is 0.643. The standard InChI is InChI=1S/C9H15N3O/c1-3-10-4-5-13-9-6-8(2)11-7-12-9/h6-7,10H,3-5H2,1-2H3. The molecule has 0 aromatic carbocycles. The van der Waals surface area contributed by atoms with Crippen LogP contribution in [-0.2, 0) is 0 Å². The second-order valence-corrected chi connectivity index (χ2v) is 2.70. The number of nitrogens with one attached hydrogen (secondary N) is 1. The smallest absolute Gasteiger partial charge is 0.216 e. The summed E-state index contributed by atoms with van der Waals surface area (Å²) in [7, 11) is 0. The summed E-state index contributed by atoms with van der Waals surface area (Å²) in [6, 6.07) is 1.83. The van der Waals surface area contributed by atoms with E-state index in [1.807, 2.05) is 13.0 Å². The molecule has 1 N–H and O–H groups in total. The molecule has 0 aliphatic rings. The molecule has 0 amide bonds. The van der Waals surface area contributed by atoms with Gasteiger partial charge in [-0.15, -0.1) is 0 Å². The first-order chi connectivity index (χ1) is 6.33. The van der Waals surface area contributed by atoms with Crippen LogP contribution in [0.25, 0.3) is 0 Å². The summed E-state index contributed by atoms with van der Waals surface area (Å²) in [4.78, 5) is 7.95. The Balaban J connectivity index is 2.28. The summed E-state index contributed by atoms with van der Waals surface area (Å²) in [6.07, 6.45) is 1.51. The number of hydrogen-bond acceptors (Lipinski definition) is 4. The van der Waals surface area contributed by atoms with Gasteiger partial charge in [-0.2, -0.15) is 0 Å². The molecule has 1 rings (SSSR count). The summed E-state index contributed by atoms with van der Waals surface area (Å²) >= 11 is 0. The lowest BCUT2D eigenvalue weighted by Gasteiger charge is -2.04. The third-order valence-corrected chi connectivity index (χ3v) is 1.56. The van der Waals surface area contributed by atoms with Crippen LogP contribution in [0.4, 0.5) is 0 Å². The zero-order valence-corrected chi connectivity index (χ0v) is 8.08. The first-order valence-electron chi connectivity index (χ1n) is 4.45. The van der Waals surface area contributed by atoms with E-state index in [0.717, 1.165) is 18.8 Å². The fourth-order valence-electron chi connectivity index (χ4n) is 0.914. The third kappa shape index (κ3) is 3.85. The molecule has 72 valence electrons. The van der Waals surface area contributed by atoms with Crippen LogP contribution in [0.3, 0.4) is 0 Å². The topological polar surface area (TPSA) is 47.0 Å². The van der Waals surface area contributed by atoms with Gasteiger partial charge in [0.1, 0.15) is 12.9 Å². The Hall–Kier alpha value is -1.16. The molecule has 0 aliphatic carbocycles. The van der Waals surface area contributed by atoms with Crippen molar-refractivity contribution in [3.63, 3.8) is 0 Å². The predicted molar refractivity (Wildman–Crippen MR) is 50.8 cm³/mol. The zero-order valence-electron chi connectivity index (χ0n) is 8.08. The van der Waals surface area contributed by atoms with E-state index in [9.17, 15) is 0 Å². The van der Waals surface area contributed by atoms with Crippen molar-refractivity contribution < 1.29 is 4.74 Å². The molecule has 4 heteroatoms. The summed E-state index contributed by atoms with van der Waals surface area (Å²) in [5.74, 6) is 0.644. The predicted octanol–water partition coefficient (Wildman–Crippen LogP) is 0.773.